The number of nitrogens with zero attached hydrogens (tertiary/aromatic N) is 6. The molecule has 0 radical (unpaired) electrons. The van der Waals surface area contributed by atoms with Gasteiger partial charge in [0.05, 0.1) is 36.1 Å². The molecule has 1 aromatic carbocycles. The Morgan fingerprint density at radius 2 is 2.09 bits per heavy atom. The number of aromatic nitrogens is 4. The summed E-state index contributed by atoms with van der Waals surface area (Å²) >= 11 is 6.69. The van der Waals surface area contributed by atoms with Gasteiger partial charge in [0.25, 0.3) is 0 Å². The van der Waals surface area contributed by atoms with E-state index in [1.54, 1.807) is 24.9 Å². The number of ether oxygens (including phenoxy) is 1. The predicted molar refractivity (Wildman–Crippen MR) is 129 cm³/mol. The van der Waals surface area contributed by atoms with Crippen LogP contribution in [0.15, 0.2) is 18.3 Å². The first-order chi connectivity index (χ1) is 16.3. The minimum absolute atomic E-state index is 0.313. The SMILES string of the molecule is Cc1nn(C)c(Nc2ncc3cc(Cl)c(C4CCN([C@]5(C)COCC5O)CC4)cc3n2)c1C#N. The molecule has 0 aliphatic carbocycles. The van der Waals surface area contributed by atoms with Gasteiger partial charge >= 0.3 is 0 Å². The lowest BCUT2D eigenvalue weighted by atomic mass is 9.85. The van der Waals surface area contributed by atoms with Crippen LogP contribution in [-0.4, -0.2) is 67.7 Å². The van der Waals surface area contributed by atoms with Crippen molar-refractivity contribution in [2.24, 2.45) is 7.05 Å². The van der Waals surface area contributed by atoms with Crippen LogP contribution >= 0.6 is 11.6 Å². The number of benzene rings is 1. The van der Waals surface area contributed by atoms with Gasteiger partial charge in [-0.1, -0.05) is 11.6 Å². The van der Waals surface area contributed by atoms with Crippen LogP contribution in [0.25, 0.3) is 10.9 Å². The Kier molecular flexibility index (Phi) is 5.94. The molecule has 2 N–H and O–H groups in total. The zero-order valence-electron chi connectivity index (χ0n) is 19.5. The Morgan fingerprint density at radius 1 is 1.32 bits per heavy atom. The lowest BCUT2D eigenvalue weighted by molar-refractivity contribution is -0.00211. The van der Waals surface area contributed by atoms with Crippen molar-refractivity contribution in [3.8, 4) is 6.07 Å². The second kappa shape index (κ2) is 8.78. The topological polar surface area (TPSA) is 112 Å². The average molecular weight is 482 g/mol. The average Bonchev–Trinajstić information content (AvgIpc) is 3.31. The summed E-state index contributed by atoms with van der Waals surface area (Å²) in [5.74, 6) is 1.28. The fourth-order valence-corrected chi connectivity index (χ4v) is 5.46. The van der Waals surface area contributed by atoms with Crippen molar-refractivity contribution >= 4 is 34.3 Å². The largest absolute Gasteiger partial charge is 0.389 e. The molecule has 3 aromatic rings. The van der Waals surface area contributed by atoms with E-state index in [0.717, 1.165) is 47.4 Å². The number of nitrogens with one attached hydrogen (secondary N) is 1. The number of halogens is 1. The molecule has 2 aliphatic rings. The normalized spacial score (nSPS) is 23.9. The molecular weight excluding hydrogens is 454 g/mol. The molecule has 9 nitrogen and oxygen atoms in total. The number of anilines is 2. The number of fused-ring (bicyclic) bond motifs is 1. The van der Waals surface area contributed by atoms with E-state index < -0.39 is 6.10 Å². The van der Waals surface area contributed by atoms with Gasteiger partial charge in [-0.25, -0.2) is 9.97 Å². The van der Waals surface area contributed by atoms with Gasteiger partial charge in [-0.3, -0.25) is 9.58 Å². The van der Waals surface area contributed by atoms with Crippen molar-refractivity contribution in [3.63, 3.8) is 0 Å². The first-order valence-corrected chi connectivity index (χ1v) is 11.9. The van der Waals surface area contributed by atoms with E-state index in [1.165, 1.54) is 0 Å². The highest BCUT2D eigenvalue weighted by Gasteiger charge is 2.45. The maximum absolute atomic E-state index is 10.4. The van der Waals surface area contributed by atoms with Gasteiger partial charge in [-0.15, -0.1) is 0 Å². The van der Waals surface area contributed by atoms with E-state index >= 15 is 0 Å². The van der Waals surface area contributed by atoms with E-state index in [2.05, 4.69) is 39.4 Å². The van der Waals surface area contributed by atoms with Gasteiger partial charge in [0.1, 0.15) is 17.5 Å². The van der Waals surface area contributed by atoms with Crippen LogP contribution in [0.2, 0.25) is 5.02 Å². The Bertz CT molecular complexity index is 1280. The van der Waals surface area contributed by atoms with Crippen LogP contribution in [0, 0.1) is 18.3 Å². The summed E-state index contributed by atoms with van der Waals surface area (Å²) in [6.45, 7) is 6.60. The fourth-order valence-electron chi connectivity index (χ4n) is 5.14. The molecule has 2 saturated heterocycles. The highest BCUT2D eigenvalue weighted by atomic mass is 35.5. The Balaban J connectivity index is 1.38. The highest BCUT2D eigenvalue weighted by molar-refractivity contribution is 6.32. The lowest BCUT2D eigenvalue weighted by Gasteiger charge is -2.43. The van der Waals surface area contributed by atoms with E-state index in [1.807, 2.05) is 6.07 Å². The van der Waals surface area contributed by atoms with Crippen LogP contribution in [0.4, 0.5) is 11.8 Å². The van der Waals surface area contributed by atoms with Crippen molar-refractivity contribution in [2.45, 2.75) is 44.2 Å². The van der Waals surface area contributed by atoms with Gasteiger partial charge in [0, 0.05) is 23.7 Å². The number of piperidine rings is 1. The zero-order valence-corrected chi connectivity index (χ0v) is 20.3. The van der Waals surface area contributed by atoms with Crippen LogP contribution in [0.3, 0.4) is 0 Å². The molecule has 2 atom stereocenters. The Morgan fingerprint density at radius 3 is 2.76 bits per heavy atom. The molecule has 5 rings (SSSR count). The highest BCUT2D eigenvalue weighted by Crippen LogP contribution is 2.38. The van der Waals surface area contributed by atoms with Crippen LogP contribution < -0.4 is 5.32 Å². The number of likely N-dealkylation sites (tertiary alicyclic amines) is 1. The number of aliphatic hydroxyl groups is 1. The third kappa shape index (κ3) is 3.91. The molecule has 4 heterocycles. The summed E-state index contributed by atoms with van der Waals surface area (Å²) in [6, 6.07) is 6.16. The second-order valence-corrected chi connectivity index (χ2v) is 9.85. The van der Waals surface area contributed by atoms with E-state index in [9.17, 15) is 10.4 Å². The molecule has 0 spiro atoms. The Labute approximate surface area is 203 Å². The molecule has 2 aliphatic heterocycles. The molecule has 178 valence electrons. The minimum Gasteiger partial charge on any atom is -0.389 e. The summed E-state index contributed by atoms with van der Waals surface area (Å²) in [6.07, 6.45) is 3.17. The number of nitriles is 1. The minimum atomic E-state index is -0.458. The molecular formula is C24H28ClN7O2. The Hall–Kier alpha value is -2.77. The zero-order chi connectivity index (χ0) is 24.0. The van der Waals surface area contributed by atoms with E-state index in [0.29, 0.717) is 42.2 Å². The van der Waals surface area contributed by atoms with E-state index in [4.69, 9.17) is 21.3 Å². The van der Waals surface area contributed by atoms with E-state index in [-0.39, 0.29) is 5.54 Å². The third-order valence-electron chi connectivity index (χ3n) is 7.31. The summed E-state index contributed by atoms with van der Waals surface area (Å²) in [7, 11) is 1.78. The lowest BCUT2D eigenvalue weighted by Crippen LogP contribution is -2.56. The molecule has 2 fully saturated rings. The summed E-state index contributed by atoms with van der Waals surface area (Å²) in [5.41, 5.74) is 2.68. The van der Waals surface area contributed by atoms with Gasteiger partial charge in [0.15, 0.2) is 0 Å². The van der Waals surface area contributed by atoms with Gasteiger partial charge in [-0.2, -0.15) is 10.4 Å². The smallest absolute Gasteiger partial charge is 0.228 e. The maximum Gasteiger partial charge on any atom is 0.228 e. The molecule has 0 saturated carbocycles. The van der Waals surface area contributed by atoms with Crippen molar-refractivity contribution < 1.29 is 9.84 Å². The molecule has 0 bridgehead atoms. The number of hydrogen-bond acceptors (Lipinski definition) is 8. The predicted octanol–water partition coefficient (Wildman–Crippen LogP) is 3.27. The van der Waals surface area contributed by atoms with Crippen LogP contribution in [-0.2, 0) is 11.8 Å². The van der Waals surface area contributed by atoms with Gasteiger partial charge < -0.3 is 15.2 Å². The number of aliphatic hydroxyl groups excluding tert-OH is 1. The van der Waals surface area contributed by atoms with Crippen molar-refractivity contribution in [3.05, 3.63) is 40.2 Å². The standard InChI is InChI=1S/C24H28ClN7O2/c1-14-18(10-26)22(31(3)30-14)29-23-27-11-16-8-19(25)17(9-20(16)28-23)15-4-6-32(7-5-15)24(2)13-34-12-21(24)33/h8-9,11,15,21,33H,4-7,12-13H2,1-3H3,(H,27,28,29)/t21?,24-/m1/s1. The van der Waals surface area contributed by atoms with Crippen molar-refractivity contribution in [1.29, 1.82) is 5.26 Å². The van der Waals surface area contributed by atoms with Crippen molar-refractivity contribution in [1.82, 2.24) is 24.6 Å². The summed E-state index contributed by atoms with van der Waals surface area (Å²) in [5, 5.41) is 28.9. The van der Waals surface area contributed by atoms with Crippen LogP contribution in [0.1, 0.15) is 42.5 Å². The number of aryl methyl sites for hydroxylation is 2. The van der Waals surface area contributed by atoms with Crippen LogP contribution in [0.5, 0.6) is 0 Å². The van der Waals surface area contributed by atoms with Gasteiger partial charge in [-0.05, 0) is 63.4 Å². The first kappa shape index (κ1) is 23.0. The first-order valence-electron chi connectivity index (χ1n) is 11.5. The number of hydrogen-bond donors (Lipinski definition) is 2. The fraction of sp³-hybridized carbons (Fsp3) is 0.500. The molecule has 0 amide bonds. The van der Waals surface area contributed by atoms with Gasteiger partial charge in [0.2, 0.25) is 5.95 Å². The molecule has 10 heteroatoms. The van der Waals surface area contributed by atoms with Crippen molar-refractivity contribution in [2.75, 3.05) is 31.6 Å². The quantitative estimate of drug-likeness (QED) is 0.584. The summed E-state index contributed by atoms with van der Waals surface area (Å²) in [4.78, 5) is 11.5. The third-order valence-corrected chi connectivity index (χ3v) is 7.63. The monoisotopic (exact) mass is 481 g/mol. The molecule has 2 aromatic heterocycles. The second-order valence-electron chi connectivity index (χ2n) is 9.44. The molecule has 1 unspecified atom stereocenters. The molecule has 34 heavy (non-hydrogen) atoms. The maximum atomic E-state index is 10.4. The summed E-state index contributed by atoms with van der Waals surface area (Å²) < 4.78 is 7.15. The number of rotatable bonds is 4.